The highest BCUT2D eigenvalue weighted by Gasteiger charge is 2.08. The molecule has 2 rings (SSSR count). The van der Waals surface area contributed by atoms with Gasteiger partial charge < -0.3 is 10.2 Å². The van der Waals surface area contributed by atoms with Crippen LogP contribution < -0.4 is 5.43 Å². The van der Waals surface area contributed by atoms with Crippen LogP contribution in [-0.4, -0.2) is 26.8 Å². The van der Waals surface area contributed by atoms with Crippen molar-refractivity contribution in [3.05, 3.63) is 53.9 Å². The number of nitrogens with one attached hydrogen (secondary N) is 1. The number of aromatic hydroxyl groups is 2. The number of amides is 1. The summed E-state index contributed by atoms with van der Waals surface area (Å²) in [4.78, 5) is 15.6. The van der Waals surface area contributed by atoms with Gasteiger partial charge in [-0.25, -0.2) is 5.43 Å². The quantitative estimate of drug-likeness (QED) is 0.449. The Bertz CT molecular complexity index is 654. The number of phenols is 2. The van der Waals surface area contributed by atoms with E-state index in [1.807, 2.05) is 0 Å². The molecule has 1 amide bonds. The SMILES string of the molecule is C/C(=N\NC(=O)c1ccccn1)c1cc(O)ccc1O. The number of phenolic OH excluding ortho intramolecular Hbond substituents is 2. The minimum Gasteiger partial charge on any atom is -0.508 e. The summed E-state index contributed by atoms with van der Waals surface area (Å²) in [7, 11) is 0. The lowest BCUT2D eigenvalue weighted by atomic mass is 10.1. The second-order valence-corrected chi connectivity index (χ2v) is 4.05. The molecule has 0 aliphatic carbocycles. The van der Waals surface area contributed by atoms with E-state index in [9.17, 15) is 15.0 Å². The number of hydrazone groups is 1. The maximum atomic E-state index is 11.7. The van der Waals surface area contributed by atoms with E-state index in [-0.39, 0.29) is 17.2 Å². The molecule has 0 bridgehead atoms. The Balaban J connectivity index is 2.15. The summed E-state index contributed by atoms with van der Waals surface area (Å²) in [5, 5.41) is 22.9. The van der Waals surface area contributed by atoms with Crippen molar-refractivity contribution in [1.29, 1.82) is 0 Å². The van der Waals surface area contributed by atoms with Crippen molar-refractivity contribution in [3.8, 4) is 11.5 Å². The summed E-state index contributed by atoms with van der Waals surface area (Å²) >= 11 is 0. The van der Waals surface area contributed by atoms with Gasteiger partial charge in [-0.3, -0.25) is 9.78 Å². The van der Waals surface area contributed by atoms with Crippen molar-refractivity contribution in [2.45, 2.75) is 6.92 Å². The third kappa shape index (κ3) is 3.11. The van der Waals surface area contributed by atoms with E-state index < -0.39 is 5.91 Å². The average molecular weight is 271 g/mol. The number of rotatable bonds is 3. The smallest absolute Gasteiger partial charge is 0.289 e. The number of pyridine rings is 1. The molecule has 2 aromatic rings. The molecule has 1 heterocycles. The lowest BCUT2D eigenvalue weighted by Gasteiger charge is -2.05. The molecule has 0 unspecified atom stereocenters. The Morgan fingerprint density at radius 3 is 2.75 bits per heavy atom. The first kappa shape index (κ1) is 13.5. The fourth-order valence-electron chi connectivity index (χ4n) is 1.56. The molecular weight excluding hydrogens is 258 g/mol. The molecule has 0 aliphatic rings. The number of nitrogens with zero attached hydrogens (tertiary/aromatic N) is 2. The largest absolute Gasteiger partial charge is 0.508 e. The third-order valence-corrected chi connectivity index (χ3v) is 2.59. The fraction of sp³-hybridized carbons (Fsp3) is 0.0714. The van der Waals surface area contributed by atoms with Gasteiger partial charge in [0.05, 0.1) is 5.71 Å². The van der Waals surface area contributed by atoms with Crippen LogP contribution in [0.25, 0.3) is 0 Å². The summed E-state index contributed by atoms with van der Waals surface area (Å²) < 4.78 is 0. The van der Waals surface area contributed by atoms with Crippen LogP contribution in [0, 0.1) is 0 Å². The first-order valence-electron chi connectivity index (χ1n) is 5.86. The minimum atomic E-state index is -0.454. The maximum Gasteiger partial charge on any atom is 0.289 e. The highest BCUT2D eigenvalue weighted by molar-refractivity contribution is 6.02. The van der Waals surface area contributed by atoms with Gasteiger partial charge in [-0.05, 0) is 37.3 Å². The Morgan fingerprint density at radius 2 is 2.05 bits per heavy atom. The van der Waals surface area contributed by atoms with E-state index in [0.717, 1.165) is 0 Å². The molecule has 1 aromatic heterocycles. The van der Waals surface area contributed by atoms with Crippen molar-refractivity contribution >= 4 is 11.6 Å². The summed E-state index contributed by atoms with van der Waals surface area (Å²) in [6.45, 7) is 1.60. The molecule has 0 radical (unpaired) electrons. The zero-order valence-electron chi connectivity index (χ0n) is 10.7. The van der Waals surface area contributed by atoms with Crippen molar-refractivity contribution in [2.24, 2.45) is 5.10 Å². The van der Waals surface area contributed by atoms with Gasteiger partial charge in [0, 0.05) is 11.8 Å². The monoisotopic (exact) mass is 271 g/mol. The molecule has 0 spiro atoms. The van der Waals surface area contributed by atoms with Gasteiger partial charge in [0.25, 0.3) is 5.91 Å². The average Bonchev–Trinajstić information content (AvgIpc) is 2.47. The van der Waals surface area contributed by atoms with E-state index in [1.54, 1.807) is 25.1 Å². The van der Waals surface area contributed by atoms with Crippen molar-refractivity contribution in [1.82, 2.24) is 10.4 Å². The fourth-order valence-corrected chi connectivity index (χ4v) is 1.56. The molecule has 0 saturated heterocycles. The van der Waals surface area contributed by atoms with Crippen LogP contribution in [0.3, 0.4) is 0 Å². The molecule has 0 saturated carbocycles. The predicted molar refractivity (Wildman–Crippen MR) is 73.7 cm³/mol. The molecule has 0 aliphatic heterocycles. The van der Waals surface area contributed by atoms with E-state index in [1.165, 1.54) is 24.4 Å². The number of carbonyl (C=O) groups excluding carboxylic acids is 1. The highest BCUT2D eigenvalue weighted by Crippen LogP contribution is 2.22. The second kappa shape index (κ2) is 5.83. The minimum absolute atomic E-state index is 0.00315. The zero-order chi connectivity index (χ0) is 14.5. The van der Waals surface area contributed by atoms with Crippen LogP contribution in [0.1, 0.15) is 23.0 Å². The van der Waals surface area contributed by atoms with E-state index in [0.29, 0.717) is 11.3 Å². The standard InChI is InChI=1S/C14H13N3O3/c1-9(11-8-10(18)5-6-13(11)19)16-17-14(20)12-4-2-3-7-15-12/h2-8,18-19H,1H3,(H,17,20)/b16-9+. The van der Waals surface area contributed by atoms with E-state index in [4.69, 9.17) is 0 Å². The number of hydrogen-bond donors (Lipinski definition) is 3. The van der Waals surface area contributed by atoms with Gasteiger partial charge in [0.1, 0.15) is 17.2 Å². The number of carbonyl (C=O) groups is 1. The van der Waals surface area contributed by atoms with Gasteiger partial charge in [-0.1, -0.05) is 6.07 Å². The Morgan fingerprint density at radius 1 is 1.25 bits per heavy atom. The zero-order valence-corrected chi connectivity index (χ0v) is 10.7. The molecule has 0 fully saturated rings. The van der Waals surface area contributed by atoms with Gasteiger partial charge in [0.2, 0.25) is 0 Å². The Hall–Kier alpha value is -2.89. The molecule has 20 heavy (non-hydrogen) atoms. The Kier molecular flexibility index (Phi) is 3.95. The summed E-state index contributed by atoms with van der Waals surface area (Å²) in [6, 6.07) is 9.03. The number of benzene rings is 1. The van der Waals surface area contributed by atoms with E-state index >= 15 is 0 Å². The lowest BCUT2D eigenvalue weighted by molar-refractivity contribution is 0.0950. The van der Waals surface area contributed by atoms with Crippen LogP contribution in [0.4, 0.5) is 0 Å². The first-order chi connectivity index (χ1) is 9.58. The summed E-state index contributed by atoms with van der Waals surface area (Å²) in [6.07, 6.45) is 1.51. The molecule has 3 N–H and O–H groups in total. The van der Waals surface area contributed by atoms with Crippen LogP contribution in [0.15, 0.2) is 47.7 Å². The first-order valence-corrected chi connectivity index (χ1v) is 5.86. The van der Waals surface area contributed by atoms with Crippen LogP contribution in [-0.2, 0) is 0 Å². The topological polar surface area (TPSA) is 94.8 Å². The number of aromatic nitrogens is 1. The van der Waals surface area contributed by atoms with Gasteiger partial charge >= 0.3 is 0 Å². The predicted octanol–water partition coefficient (Wildman–Crippen LogP) is 1.65. The molecular formula is C14H13N3O3. The maximum absolute atomic E-state index is 11.7. The van der Waals surface area contributed by atoms with Gasteiger partial charge in [-0.15, -0.1) is 0 Å². The van der Waals surface area contributed by atoms with Crippen molar-refractivity contribution < 1.29 is 15.0 Å². The van der Waals surface area contributed by atoms with Crippen molar-refractivity contribution in [2.75, 3.05) is 0 Å². The number of hydrogen-bond acceptors (Lipinski definition) is 5. The summed E-state index contributed by atoms with van der Waals surface area (Å²) in [5.41, 5.74) is 3.28. The lowest BCUT2D eigenvalue weighted by Crippen LogP contribution is -2.20. The van der Waals surface area contributed by atoms with Gasteiger partial charge in [-0.2, -0.15) is 5.10 Å². The van der Waals surface area contributed by atoms with Crippen LogP contribution in [0.2, 0.25) is 0 Å². The molecule has 6 nitrogen and oxygen atoms in total. The molecule has 1 aromatic carbocycles. The third-order valence-electron chi connectivity index (χ3n) is 2.59. The Labute approximate surface area is 115 Å². The second-order valence-electron chi connectivity index (χ2n) is 4.05. The molecule has 6 heteroatoms. The molecule has 102 valence electrons. The van der Waals surface area contributed by atoms with Crippen LogP contribution >= 0.6 is 0 Å². The van der Waals surface area contributed by atoms with Crippen LogP contribution in [0.5, 0.6) is 11.5 Å². The van der Waals surface area contributed by atoms with Gasteiger partial charge in [0.15, 0.2) is 0 Å². The highest BCUT2D eigenvalue weighted by atomic mass is 16.3. The van der Waals surface area contributed by atoms with Crippen molar-refractivity contribution in [3.63, 3.8) is 0 Å². The summed E-state index contributed by atoms with van der Waals surface area (Å²) in [5.74, 6) is -0.482. The normalized spacial score (nSPS) is 11.2. The van der Waals surface area contributed by atoms with E-state index in [2.05, 4.69) is 15.5 Å². The molecule has 0 atom stereocenters.